The summed E-state index contributed by atoms with van der Waals surface area (Å²) in [4.78, 5) is 4.49. The molecule has 3 heteroatoms. The van der Waals surface area contributed by atoms with Crippen molar-refractivity contribution in [2.75, 3.05) is 0 Å². The summed E-state index contributed by atoms with van der Waals surface area (Å²) in [6.07, 6.45) is 8.23. The smallest absolute Gasteiger partial charge is 0.0160 e. The summed E-state index contributed by atoms with van der Waals surface area (Å²) in [5.41, 5.74) is 8.46. The Labute approximate surface area is 199 Å². The molecule has 1 aromatic heterocycles. The van der Waals surface area contributed by atoms with E-state index in [9.17, 15) is 0 Å². The molecule has 1 nitrogen and oxygen atoms in total. The van der Waals surface area contributed by atoms with Gasteiger partial charge in [0.15, 0.2) is 0 Å². The van der Waals surface area contributed by atoms with E-state index < -0.39 is 0 Å². The molecule has 0 saturated carbocycles. The molecule has 0 bridgehead atoms. The first-order chi connectivity index (χ1) is 11.4. The minimum atomic E-state index is 0. The van der Waals surface area contributed by atoms with Crippen LogP contribution in [-0.2, 0) is 59.2 Å². The molecule has 2 aliphatic carbocycles. The number of fused-ring (bicyclic) bond motifs is 2. The third-order valence-electron chi connectivity index (χ3n) is 4.32. The van der Waals surface area contributed by atoms with Crippen molar-refractivity contribution in [3.05, 3.63) is 66.7 Å². The second kappa shape index (κ2) is 14.9. The van der Waals surface area contributed by atoms with Crippen molar-refractivity contribution in [2.45, 2.75) is 59.8 Å². The minimum Gasteiger partial charge on any atom is -0.358 e. The molecular weight excluding hydrogens is 571 g/mol. The van der Waals surface area contributed by atoms with Crippen molar-refractivity contribution in [3.8, 4) is 11.3 Å². The van der Waals surface area contributed by atoms with Crippen molar-refractivity contribution >= 4 is 5.57 Å². The summed E-state index contributed by atoms with van der Waals surface area (Å²) >= 11 is 0. The Morgan fingerprint density at radius 3 is 2.31 bits per heavy atom. The van der Waals surface area contributed by atoms with E-state index in [1.165, 1.54) is 42.4 Å². The van der Waals surface area contributed by atoms with Crippen molar-refractivity contribution in [2.24, 2.45) is 0 Å². The predicted molar refractivity (Wildman–Crippen MR) is 107 cm³/mol. The van der Waals surface area contributed by atoms with Crippen LogP contribution >= 0.6 is 0 Å². The van der Waals surface area contributed by atoms with Crippen LogP contribution in [0.2, 0.25) is 0 Å². The second-order valence-electron chi connectivity index (χ2n) is 5.43. The zero-order valence-corrected chi connectivity index (χ0v) is 22.1. The van der Waals surface area contributed by atoms with Gasteiger partial charge in [-0.2, -0.15) is 0 Å². The zero-order valence-electron chi connectivity index (χ0n) is 16.9. The first kappa shape index (κ1) is 28.1. The van der Waals surface area contributed by atoms with Crippen LogP contribution < -0.4 is 0 Å². The summed E-state index contributed by atoms with van der Waals surface area (Å²) in [6.45, 7) is 8.00. The number of hydrogen-bond donors (Lipinski definition) is 0. The fourth-order valence-electron chi connectivity index (χ4n) is 3.44. The molecule has 1 aromatic carbocycles. The van der Waals surface area contributed by atoms with Crippen LogP contribution in [0.15, 0.2) is 42.1 Å². The van der Waals surface area contributed by atoms with Gasteiger partial charge in [0, 0.05) is 59.0 Å². The molecular formula is C23H31IrNY-2. The van der Waals surface area contributed by atoms with E-state index in [4.69, 9.17) is 0 Å². The van der Waals surface area contributed by atoms with Gasteiger partial charge in [-0.1, -0.05) is 51.0 Å². The van der Waals surface area contributed by atoms with Gasteiger partial charge in [0.2, 0.25) is 0 Å². The van der Waals surface area contributed by atoms with E-state index in [2.05, 4.69) is 35.3 Å². The van der Waals surface area contributed by atoms with Crippen molar-refractivity contribution in [1.29, 1.82) is 0 Å². The molecule has 0 N–H and O–H groups in total. The average molecular weight is 603 g/mol. The first-order valence-electron chi connectivity index (χ1n) is 9.10. The van der Waals surface area contributed by atoms with Crippen LogP contribution in [0.1, 0.15) is 64.5 Å². The van der Waals surface area contributed by atoms with Crippen LogP contribution in [0.5, 0.6) is 0 Å². The van der Waals surface area contributed by atoms with Gasteiger partial charge in [0.1, 0.15) is 0 Å². The maximum absolute atomic E-state index is 4.49. The van der Waals surface area contributed by atoms with Crippen LogP contribution in [-0.4, -0.2) is 4.98 Å². The Kier molecular flexibility index (Phi) is 16.1. The Hall–Kier alpha value is -0.137. The van der Waals surface area contributed by atoms with Gasteiger partial charge in [-0.15, -0.1) is 34.9 Å². The molecule has 0 unspecified atom stereocenters. The minimum absolute atomic E-state index is 0. The summed E-state index contributed by atoms with van der Waals surface area (Å²) in [5, 5.41) is 0. The number of aromatic nitrogens is 1. The molecule has 1 heterocycles. The van der Waals surface area contributed by atoms with E-state index in [0.29, 0.717) is 0 Å². The molecule has 0 aliphatic heterocycles. The van der Waals surface area contributed by atoms with E-state index in [-0.39, 0.29) is 60.2 Å². The van der Waals surface area contributed by atoms with Gasteiger partial charge in [-0.05, 0) is 43.9 Å². The Morgan fingerprint density at radius 1 is 0.962 bits per heavy atom. The number of nitrogens with zero attached hydrogens (tertiary/aromatic N) is 1. The standard InChI is InChI=1S/C18H16N.2C2H6.CH3.Ir.Y/c1-2-7-14-13(6-1)12-17-15(14)8-5-9-16(17)18-10-3-4-11-19-18;2*1-2;;;/h3-5,8,10-11H,1-2,6-7,12H2;2*1-2H3;1H3;;/q-1;;;-1;;. The van der Waals surface area contributed by atoms with Crippen LogP contribution in [0.25, 0.3) is 16.8 Å². The zero-order chi connectivity index (χ0) is 16.7. The van der Waals surface area contributed by atoms with E-state index in [0.717, 1.165) is 12.1 Å². The molecule has 142 valence electrons. The van der Waals surface area contributed by atoms with Crippen molar-refractivity contribution in [1.82, 2.24) is 4.98 Å². The number of allylic oxidation sites excluding steroid dienone is 2. The van der Waals surface area contributed by atoms with E-state index in [1.54, 1.807) is 11.1 Å². The van der Waals surface area contributed by atoms with E-state index in [1.807, 2.05) is 40.0 Å². The molecule has 0 saturated heterocycles. The molecule has 0 spiro atoms. The summed E-state index contributed by atoms with van der Waals surface area (Å²) in [7, 11) is 0. The number of hydrogen-bond acceptors (Lipinski definition) is 1. The normalized spacial score (nSPS) is 13.1. The van der Waals surface area contributed by atoms with Crippen molar-refractivity contribution in [3.63, 3.8) is 0 Å². The number of benzene rings is 1. The molecule has 26 heavy (non-hydrogen) atoms. The van der Waals surface area contributed by atoms with Gasteiger partial charge in [-0.25, -0.2) is 0 Å². The second-order valence-corrected chi connectivity index (χ2v) is 5.43. The van der Waals surface area contributed by atoms with E-state index >= 15 is 0 Å². The van der Waals surface area contributed by atoms with Crippen LogP contribution in [0.3, 0.4) is 0 Å². The van der Waals surface area contributed by atoms with Gasteiger partial charge in [0.05, 0.1) is 0 Å². The number of pyridine rings is 1. The Balaban J connectivity index is 0. The fraction of sp³-hybridized carbons (Fsp3) is 0.391. The maximum Gasteiger partial charge on any atom is 0.0160 e. The summed E-state index contributed by atoms with van der Waals surface area (Å²) in [6, 6.07) is 13.8. The third kappa shape index (κ3) is 6.20. The maximum atomic E-state index is 4.49. The van der Waals surface area contributed by atoms with Crippen LogP contribution in [0, 0.1) is 13.5 Å². The fourth-order valence-corrected chi connectivity index (χ4v) is 3.44. The Bertz CT molecular complexity index is 665. The molecule has 0 amide bonds. The average Bonchev–Trinajstić information content (AvgIpc) is 3.04. The molecule has 2 radical (unpaired) electrons. The molecule has 2 aliphatic rings. The van der Waals surface area contributed by atoms with Gasteiger partial charge in [0.25, 0.3) is 0 Å². The molecule has 2 aromatic rings. The molecule has 0 atom stereocenters. The number of rotatable bonds is 1. The third-order valence-corrected chi connectivity index (χ3v) is 4.32. The molecule has 0 fully saturated rings. The van der Waals surface area contributed by atoms with Gasteiger partial charge >= 0.3 is 0 Å². The Morgan fingerprint density at radius 2 is 1.65 bits per heavy atom. The predicted octanol–water partition coefficient (Wildman–Crippen LogP) is 6.93. The summed E-state index contributed by atoms with van der Waals surface area (Å²) < 4.78 is 0. The topological polar surface area (TPSA) is 12.9 Å². The first-order valence-corrected chi connectivity index (χ1v) is 9.10. The monoisotopic (exact) mass is 603 g/mol. The molecule has 4 rings (SSSR count). The van der Waals surface area contributed by atoms with Crippen LogP contribution in [0.4, 0.5) is 0 Å². The largest absolute Gasteiger partial charge is 0.358 e. The quantitative estimate of drug-likeness (QED) is 0.323. The van der Waals surface area contributed by atoms with Gasteiger partial charge in [-0.3, -0.25) is 0 Å². The van der Waals surface area contributed by atoms with Gasteiger partial charge < -0.3 is 12.4 Å². The summed E-state index contributed by atoms with van der Waals surface area (Å²) in [5.74, 6) is 0. The SMILES string of the molecule is CC.CC.[CH3-].[Ir].[Y].[c-]1ccc2c(c1-c1ccccn1)CC1=C2CCCC1. The van der Waals surface area contributed by atoms with Crippen molar-refractivity contribution < 1.29 is 52.8 Å².